The number of ketones is 1. The van der Waals surface area contributed by atoms with Crippen LogP contribution in [-0.4, -0.2) is 33.3 Å². The van der Waals surface area contributed by atoms with E-state index in [4.69, 9.17) is 0 Å². The van der Waals surface area contributed by atoms with Gasteiger partial charge in [0.2, 0.25) is 0 Å². The predicted molar refractivity (Wildman–Crippen MR) is 81.0 cm³/mol. The number of aliphatic imine (C=N–C) groups is 1. The molecule has 0 bridgehead atoms. The molecule has 1 aromatic rings. The van der Waals surface area contributed by atoms with E-state index in [1.165, 1.54) is 20.1 Å². The molecule has 0 aromatic carbocycles. The third-order valence-electron chi connectivity index (χ3n) is 2.90. The van der Waals surface area contributed by atoms with E-state index in [1.807, 2.05) is 12.1 Å². The van der Waals surface area contributed by atoms with Crippen LogP contribution < -0.4 is 0 Å². The fraction of sp³-hybridized carbons (Fsp3) is 0.200. The molecule has 1 aliphatic rings. The molecular weight excluding hydrogens is 268 g/mol. The summed E-state index contributed by atoms with van der Waals surface area (Å²) in [5, 5.41) is 15.3. The molecule has 1 atom stereocenters. The number of aliphatic hydroxyl groups is 1. The van der Waals surface area contributed by atoms with Crippen molar-refractivity contribution in [2.75, 3.05) is 0 Å². The Morgan fingerprint density at radius 2 is 2.10 bits per heavy atom. The van der Waals surface area contributed by atoms with E-state index in [1.54, 1.807) is 35.9 Å². The Balaban J connectivity index is 2.26. The summed E-state index contributed by atoms with van der Waals surface area (Å²) in [6.07, 6.45) is 9.58. The zero-order valence-corrected chi connectivity index (χ0v) is 11.8. The van der Waals surface area contributed by atoms with Crippen LogP contribution in [0.4, 0.5) is 0 Å². The number of allylic oxidation sites excluding steroid dienone is 3. The monoisotopic (exact) mass is 284 g/mol. The lowest BCUT2D eigenvalue weighted by molar-refractivity contribution is -0.113. The zero-order chi connectivity index (χ0) is 15.2. The molecule has 6 nitrogen and oxygen atoms in total. The number of aromatic nitrogens is 1. The Hall–Kier alpha value is -2.76. The molecule has 1 aliphatic heterocycles. The molecular formula is C15H16N4O2. The summed E-state index contributed by atoms with van der Waals surface area (Å²) in [7, 11) is 0. The lowest BCUT2D eigenvalue weighted by Crippen LogP contribution is -2.20. The predicted octanol–water partition coefficient (Wildman–Crippen LogP) is 2.39. The van der Waals surface area contributed by atoms with Crippen molar-refractivity contribution >= 4 is 18.2 Å². The second kappa shape index (κ2) is 6.60. The lowest BCUT2D eigenvalue weighted by atomic mass is 10.2. The first-order chi connectivity index (χ1) is 10.1. The fourth-order valence-corrected chi connectivity index (χ4v) is 1.85. The number of nitrogens with zero attached hydrogens (tertiary/aromatic N) is 4. The van der Waals surface area contributed by atoms with Gasteiger partial charge in [0.25, 0.3) is 0 Å². The molecule has 1 unspecified atom stereocenters. The van der Waals surface area contributed by atoms with Gasteiger partial charge in [-0.1, -0.05) is 0 Å². The van der Waals surface area contributed by atoms with Crippen LogP contribution in [0.3, 0.4) is 0 Å². The van der Waals surface area contributed by atoms with E-state index in [0.29, 0.717) is 0 Å². The Morgan fingerprint density at radius 3 is 2.71 bits per heavy atom. The van der Waals surface area contributed by atoms with E-state index in [-0.39, 0.29) is 23.3 Å². The smallest absolute Gasteiger partial charge is 0.166 e. The van der Waals surface area contributed by atoms with Gasteiger partial charge in [-0.3, -0.25) is 14.8 Å². The van der Waals surface area contributed by atoms with Gasteiger partial charge < -0.3 is 5.11 Å². The minimum Gasteiger partial charge on any atom is -0.512 e. The highest BCUT2D eigenvalue weighted by Gasteiger charge is 2.17. The molecule has 6 heteroatoms. The highest BCUT2D eigenvalue weighted by molar-refractivity contribution is 6.12. The molecule has 0 spiro atoms. The van der Waals surface area contributed by atoms with Crippen LogP contribution in [0.15, 0.2) is 58.2 Å². The van der Waals surface area contributed by atoms with Crippen molar-refractivity contribution in [2.45, 2.75) is 20.0 Å². The van der Waals surface area contributed by atoms with Crippen LogP contribution in [0, 0.1) is 0 Å². The molecule has 1 aromatic heterocycles. The van der Waals surface area contributed by atoms with Gasteiger partial charge in [-0.25, -0.2) is 5.01 Å². The van der Waals surface area contributed by atoms with Gasteiger partial charge in [0.15, 0.2) is 11.9 Å². The Bertz CT molecular complexity index is 628. The van der Waals surface area contributed by atoms with Gasteiger partial charge in [0, 0.05) is 30.4 Å². The summed E-state index contributed by atoms with van der Waals surface area (Å²) >= 11 is 0. The second-order valence-corrected chi connectivity index (χ2v) is 4.47. The van der Waals surface area contributed by atoms with Crippen LogP contribution in [0.5, 0.6) is 0 Å². The van der Waals surface area contributed by atoms with Crippen molar-refractivity contribution in [3.63, 3.8) is 0 Å². The molecule has 0 aliphatic carbocycles. The van der Waals surface area contributed by atoms with Crippen LogP contribution in [0.25, 0.3) is 0 Å². The van der Waals surface area contributed by atoms with E-state index in [0.717, 1.165) is 5.56 Å². The van der Waals surface area contributed by atoms with Gasteiger partial charge in [0.1, 0.15) is 5.76 Å². The third kappa shape index (κ3) is 3.62. The highest BCUT2D eigenvalue weighted by Crippen LogP contribution is 2.24. The van der Waals surface area contributed by atoms with E-state index >= 15 is 0 Å². The molecule has 2 rings (SSSR count). The number of hydrazone groups is 1. The molecule has 2 heterocycles. The Morgan fingerprint density at radius 1 is 1.38 bits per heavy atom. The molecule has 108 valence electrons. The first-order valence-corrected chi connectivity index (χ1v) is 6.42. The Kier molecular flexibility index (Phi) is 4.61. The van der Waals surface area contributed by atoms with Crippen LogP contribution in [0.2, 0.25) is 0 Å². The molecule has 0 amide bonds. The van der Waals surface area contributed by atoms with E-state index in [9.17, 15) is 9.90 Å². The minimum atomic E-state index is -0.318. The first kappa shape index (κ1) is 14.6. The summed E-state index contributed by atoms with van der Waals surface area (Å²) in [4.78, 5) is 19.8. The average molecular weight is 284 g/mol. The largest absolute Gasteiger partial charge is 0.512 e. The number of hydrogen-bond acceptors (Lipinski definition) is 6. The third-order valence-corrected chi connectivity index (χ3v) is 2.90. The number of Topliss-reactive ketones (excluding diaryl/α,β-unsaturated/α-hetero) is 1. The fourth-order valence-electron chi connectivity index (χ4n) is 1.85. The quantitative estimate of drug-likeness (QED) is 0.523. The molecule has 0 fully saturated rings. The zero-order valence-electron chi connectivity index (χ0n) is 11.8. The average Bonchev–Trinajstić information content (AvgIpc) is 2.48. The van der Waals surface area contributed by atoms with Crippen molar-refractivity contribution in [3.05, 3.63) is 53.7 Å². The standard InChI is InChI=1S/C15H16N4O2/c1-11(20)14(12(2)21)10-18-19-9-3-6-17-15(19)13-4-7-16-8-5-13/h3-10,15,20H,1-2H3. The number of rotatable bonds is 4. The minimum absolute atomic E-state index is 0.0591. The second-order valence-electron chi connectivity index (χ2n) is 4.47. The summed E-state index contributed by atoms with van der Waals surface area (Å²) in [6, 6.07) is 3.70. The van der Waals surface area contributed by atoms with E-state index < -0.39 is 0 Å². The highest BCUT2D eigenvalue weighted by atomic mass is 16.3. The van der Waals surface area contributed by atoms with Crippen molar-refractivity contribution < 1.29 is 9.90 Å². The van der Waals surface area contributed by atoms with Gasteiger partial charge in [-0.05, 0) is 32.1 Å². The van der Waals surface area contributed by atoms with Crippen LogP contribution in [0.1, 0.15) is 25.6 Å². The molecule has 1 N–H and O–H groups in total. The maximum Gasteiger partial charge on any atom is 0.166 e. The van der Waals surface area contributed by atoms with Gasteiger partial charge in [0.05, 0.1) is 11.8 Å². The maximum absolute atomic E-state index is 11.4. The van der Waals surface area contributed by atoms with Crippen molar-refractivity contribution in [3.8, 4) is 0 Å². The molecule has 0 saturated carbocycles. The van der Waals surface area contributed by atoms with Crippen LogP contribution in [-0.2, 0) is 4.79 Å². The van der Waals surface area contributed by atoms with Gasteiger partial charge >= 0.3 is 0 Å². The number of pyridine rings is 1. The molecule has 0 radical (unpaired) electrons. The van der Waals surface area contributed by atoms with Crippen LogP contribution >= 0.6 is 0 Å². The first-order valence-electron chi connectivity index (χ1n) is 6.42. The maximum atomic E-state index is 11.4. The molecule has 0 saturated heterocycles. The summed E-state index contributed by atoms with van der Waals surface area (Å²) < 4.78 is 0. The number of hydrogen-bond donors (Lipinski definition) is 1. The topological polar surface area (TPSA) is 78.2 Å². The summed E-state index contributed by atoms with van der Waals surface area (Å²) in [5.41, 5.74) is 1.10. The Labute approximate surface area is 122 Å². The lowest BCUT2D eigenvalue weighted by Gasteiger charge is -2.24. The van der Waals surface area contributed by atoms with Crippen molar-refractivity contribution in [1.82, 2.24) is 9.99 Å². The number of aliphatic hydroxyl groups excluding tert-OH is 1. The van der Waals surface area contributed by atoms with Gasteiger partial charge in [-0.15, -0.1) is 0 Å². The van der Waals surface area contributed by atoms with Crippen molar-refractivity contribution in [2.24, 2.45) is 10.1 Å². The normalized spacial score (nSPS) is 19.0. The number of carbonyl (C=O) groups is 1. The number of carbonyl (C=O) groups excluding carboxylic acids is 1. The van der Waals surface area contributed by atoms with E-state index in [2.05, 4.69) is 15.1 Å². The SMILES string of the molecule is CC(=O)C(C=NN1C=CC=NC1c1ccncc1)=C(C)O. The van der Waals surface area contributed by atoms with Crippen molar-refractivity contribution in [1.29, 1.82) is 0 Å². The summed E-state index contributed by atoms with van der Waals surface area (Å²) in [5.74, 6) is -0.306. The van der Waals surface area contributed by atoms with Gasteiger partial charge in [-0.2, -0.15) is 5.10 Å². The summed E-state index contributed by atoms with van der Waals surface area (Å²) in [6.45, 7) is 2.83. The molecule has 21 heavy (non-hydrogen) atoms.